The summed E-state index contributed by atoms with van der Waals surface area (Å²) in [5.41, 5.74) is 6.84. The van der Waals surface area contributed by atoms with E-state index in [0.717, 1.165) is 30.3 Å². The maximum absolute atomic E-state index is 5.82. The highest BCUT2D eigenvalue weighted by atomic mass is 15.2. The van der Waals surface area contributed by atoms with Gasteiger partial charge in [-0.1, -0.05) is 18.2 Å². The van der Waals surface area contributed by atoms with Crippen LogP contribution in [0.5, 0.6) is 0 Å². The van der Waals surface area contributed by atoms with Gasteiger partial charge in [0.05, 0.1) is 0 Å². The van der Waals surface area contributed by atoms with Crippen LogP contribution in [0.2, 0.25) is 0 Å². The third-order valence-electron chi connectivity index (χ3n) is 3.64. The highest BCUT2D eigenvalue weighted by molar-refractivity contribution is 5.59. The van der Waals surface area contributed by atoms with Gasteiger partial charge < -0.3 is 16.0 Å². The molecule has 1 atom stereocenters. The van der Waals surface area contributed by atoms with Crippen molar-refractivity contribution in [2.75, 3.05) is 23.3 Å². The van der Waals surface area contributed by atoms with Gasteiger partial charge in [0.2, 0.25) is 0 Å². The lowest BCUT2D eigenvalue weighted by molar-refractivity contribution is 0.671. The summed E-state index contributed by atoms with van der Waals surface area (Å²) in [7, 11) is 0. The van der Waals surface area contributed by atoms with E-state index in [0.29, 0.717) is 12.6 Å². The minimum Gasteiger partial charge on any atom is -0.352 e. The summed E-state index contributed by atoms with van der Waals surface area (Å²) in [6, 6.07) is 12.4. The molecular weight excluding hydrogens is 250 g/mol. The molecule has 0 saturated carbocycles. The van der Waals surface area contributed by atoms with Gasteiger partial charge in [0.15, 0.2) is 0 Å². The Hall–Kier alpha value is -2.14. The molecule has 1 aromatic heterocycles. The Morgan fingerprint density at radius 1 is 1.25 bits per heavy atom. The average molecular weight is 269 g/mol. The molecule has 0 amide bonds. The van der Waals surface area contributed by atoms with Crippen molar-refractivity contribution in [1.82, 2.24) is 9.97 Å². The van der Waals surface area contributed by atoms with Gasteiger partial charge in [-0.25, -0.2) is 9.97 Å². The SMILES string of the molecule is NCC1CCCN1c1cc(Nc2ccccc2)ncn1. The molecular formula is C15H19N5. The fourth-order valence-corrected chi connectivity index (χ4v) is 2.62. The molecule has 5 nitrogen and oxygen atoms in total. The van der Waals surface area contributed by atoms with E-state index in [9.17, 15) is 0 Å². The summed E-state index contributed by atoms with van der Waals surface area (Å²) in [5, 5.41) is 3.29. The Bertz CT molecular complexity index is 557. The van der Waals surface area contributed by atoms with Crippen LogP contribution in [-0.4, -0.2) is 29.1 Å². The molecule has 1 saturated heterocycles. The summed E-state index contributed by atoms with van der Waals surface area (Å²) in [4.78, 5) is 10.9. The van der Waals surface area contributed by atoms with Crippen molar-refractivity contribution in [3.8, 4) is 0 Å². The number of benzene rings is 1. The first-order chi connectivity index (χ1) is 9.86. The second kappa shape index (κ2) is 5.88. The highest BCUT2D eigenvalue weighted by Crippen LogP contribution is 2.25. The van der Waals surface area contributed by atoms with E-state index in [1.54, 1.807) is 6.33 Å². The molecule has 20 heavy (non-hydrogen) atoms. The van der Waals surface area contributed by atoms with Gasteiger partial charge in [-0.2, -0.15) is 0 Å². The summed E-state index contributed by atoms with van der Waals surface area (Å²) < 4.78 is 0. The number of para-hydroxylation sites is 1. The fraction of sp³-hybridized carbons (Fsp3) is 0.333. The Morgan fingerprint density at radius 2 is 2.10 bits per heavy atom. The smallest absolute Gasteiger partial charge is 0.135 e. The van der Waals surface area contributed by atoms with Crippen molar-refractivity contribution < 1.29 is 0 Å². The van der Waals surface area contributed by atoms with E-state index < -0.39 is 0 Å². The van der Waals surface area contributed by atoms with E-state index in [-0.39, 0.29) is 0 Å². The predicted molar refractivity (Wildman–Crippen MR) is 81.2 cm³/mol. The number of nitrogens with zero attached hydrogens (tertiary/aromatic N) is 3. The summed E-state index contributed by atoms with van der Waals surface area (Å²) in [6.45, 7) is 1.69. The highest BCUT2D eigenvalue weighted by Gasteiger charge is 2.24. The van der Waals surface area contributed by atoms with Gasteiger partial charge in [-0.15, -0.1) is 0 Å². The molecule has 5 heteroatoms. The van der Waals surface area contributed by atoms with Crippen molar-refractivity contribution in [2.24, 2.45) is 5.73 Å². The number of aromatic nitrogens is 2. The Morgan fingerprint density at radius 3 is 2.90 bits per heavy atom. The predicted octanol–water partition coefficient (Wildman–Crippen LogP) is 2.15. The number of hydrogen-bond acceptors (Lipinski definition) is 5. The van der Waals surface area contributed by atoms with Crippen molar-refractivity contribution in [3.05, 3.63) is 42.7 Å². The van der Waals surface area contributed by atoms with Crippen molar-refractivity contribution in [3.63, 3.8) is 0 Å². The van der Waals surface area contributed by atoms with Gasteiger partial charge >= 0.3 is 0 Å². The number of anilines is 3. The van der Waals surface area contributed by atoms with Crippen LogP contribution in [0.1, 0.15) is 12.8 Å². The van der Waals surface area contributed by atoms with Gasteiger partial charge in [0.1, 0.15) is 18.0 Å². The van der Waals surface area contributed by atoms with Crippen molar-refractivity contribution in [1.29, 1.82) is 0 Å². The van der Waals surface area contributed by atoms with Gasteiger partial charge in [0.25, 0.3) is 0 Å². The first kappa shape index (κ1) is 12.9. The summed E-state index contributed by atoms with van der Waals surface area (Å²) in [6.07, 6.45) is 3.92. The van der Waals surface area contributed by atoms with Crippen LogP contribution < -0.4 is 16.0 Å². The van der Waals surface area contributed by atoms with Gasteiger partial charge in [-0.3, -0.25) is 0 Å². The van der Waals surface area contributed by atoms with Crippen LogP contribution in [0, 0.1) is 0 Å². The Balaban J connectivity index is 1.79. The summed E-state index contributed by atoms with van der Waals surface area (Å²) >= 11 is 0. The molecule has 1 aromatic carbocycles. The lowest BCUT2D eigenvalue weighted by Crippen LogP contribution is -2.35. The van der Waals surface area contributed by atoms with E-state index in [2.05, 4.69) is 20.2 Å². The zero-order valence-corrected chi connectivity index (χ0v) is 11.4. The third-order valence-corrected chi connectivity index (χ3v) is 3.64. The van der Waals surface area contributed by atoms with Crippen molar-refractivity contribution >= 4 is 17.3 Å². The zero-order valence-electron chi connectivity index (χ0n) is 11.4. The number of nitrogens with one attached hydrogen (secondary N) is 1. The zero-order chi connectivity index (χ0) is 13.8. The minimum absolute atomic E-state index is 0.398. The van der Waals surface area contributed by atoms with Crippen LogP contribution in [0.3, 0.4) is 0 Å². The molecule has 1 aliphatic rings. The molecule has 104 valence electrons. The molecule has 0 bridgehead atoms. The largest absolute Gasteiger partial charge is 0.352 e. The third kappa shape index (κ3) is 2.72. The second-order valence-corrected chi connectivity index (χ2v) is 4.98. The molecule has 3 rings (SSSR count). The number of rotatable bonds is 4. The quantitative estimate of drug-likeness (QED) is 0.890. The van der Waals surface area contributed by atoms with Crippen LogP contribution >= 0.6 is 0 Å². The Labute approximate surface area is 118 Å². The van der Waals surface area contributed by atoms with E-state index in [1.165, 1.54) is 6.42 Å². The van der Waals surface area contributed by atoms with E-state index in [4.69, 9.17) is 5.73 Å². The van der Waals surface area contributed by atoms with Crippen LogP contribution in [0.15, 0.2) is 42.7 Å². The standard InChI is InChI=1S/C15H19N5/c16-10-13-7-4-8-20(13)15-9-14(17-11-18-15)19-12-5-2-1-3-6-12/h1-3,5-6,9,11,13H,4,7-8,10,16H2,(H,17,18,19). The molecule has 0 spiro atoms. The van der Waals surface area contributed by atoms with E-state index >= 15 is 0 Å². The summed E-state index contributed by atoms with van der Waals surface area (Å²) in [5.74, 6) is 1.76. The first-order valence-electron chi connectivity index (χ1n) is 6.97. The molecule has 2 aromatic rings. The molecule has 0 radical (unpaired) electrons. The maximum Gasteiger partial charge on any atom is 0.135 e. The molecule has 0 aliphatic carbocycles. The van der Waals surface area contributed by atoms with Gasteiger partial charge in [0, 0.05) is 30.9 Å². The lowest BCUT2D eigenvalue weighted by atomic mass is 10.2. The average Bonchev–Trinajstić information content (AvgIpc) is 2.97. The molecule has 1 aliphatic heterocycles. The van der Waals surface area contributed by atoms with Gasteiger partial charge in [-0.05, 0) is 25.0 Å². The monoisotopic (exact) mass is 269 g/mol. The molecule has 3 N–H and O–H groups in total. The molecule has 2 heterocycles. The second-order valence-electron chi connectivity index (χ2n) is 4.98. The lowest BCUT2D eigenvalue weighted by Gasteiger charge is -2.24. The molecule has 1 unspecified atom stereocenters. The van der Waals surface area contributed by atoms with Crippen LogP contribution in [-0.2, 0) is 0 Å². The normalized spacial score (nSPS) is 18.2. The minimum atomic E-state index is 0.398. The maximum atomic E-state index is 5.82. The number of nitrogens with two attached hydrogens (primary N) is 1. The van der Waals surface area contributed by atoms with Crippen molar-refractivity contribution in [2.45, 2.75) is 18.9 Å². The van der Waals surface area contributed by atoms with Crippen LogP contribution in [0.4, 0.5) is 17.3 Å². The first-order valence-corrected chi connectivity index (χ1v) is 6.97. The Kier molecular flexibility index (Phi) is 3.78. The molecule has 1 fully saturated rings. The topological polar surface area (TPSA) is 67.1 Å². The van der Waals surface area contributed by atoms with Crippen LogP contribution in [0.25, 0.3) is 0 Å². The van der Waals surface area contributed by atoms with E-state index in [1.807, 2.05) is 36.4 Å². The number of hydrogen-bond donors (Lipinski definition) is 2. The fourth-order valence-electron chi connectivity index (χ4n) is 2.62.